The summed E-state index contributed by atoms with van der Waals surface area (Å²) in [7, 11) is -3.31. The van der Waals surface area contributed by atoms with Crippen molar-refractivity contribution in [2.75, 3.05) is 26.0 Å². The second-order valence-corrected chi connectivity index (χ2v) is 6.50. The maximum atomic E-state index is 11.7. The number of halogens is 1. The van der Waals surface area contributed by atoms with Crippen LogP contribution in [0.4, 0.5) is 0 Å². The molecule has 0 spiro atoms. The molecule has 21 heavy (non-hydrogen) atoms. The minimum atomic E-state index is -3.31. The molecule has 0 amide bonds. The van der Waals surface area contributed by atoms with Gasteiger partial charge in [0.05, 0.1) is 18.3 Å². The highest BCUT2D eigenvalue weighted by molar-refractivity contribution is 7.89. The van der Waals surface area contributed by atoms with Crippen molar-refractivity contribution in [2.24, 2.45) is 4.99 Å². The Hall–Kier alpha value is -1.73. The summed E-state index contributed by atoms with van der Waals surface area (Å²) >= 11 is 0. The number of amidine groups is 1. The normalized spacial score (nSPS) is 14.4. The van der Waals surface area contributed by atoms with Crippen LogP contribution in [0.15, 0.2) is 35.5 Å². The first kappa shape index (κ1) is 15.7. The second kappa shape index (κ2) is 5.95. The third-order valence-corrected chi connectivity index (χ3v) is 4.14. The molecule has 0 radical (unpaired) electrons. The topological polar surface area (TPSA) is 72.7 Å². The van der Waals surface area contributed by atoms with Gasteiger partial charge in [0.2, 0.25) is 10.0 Å². The smallest absolute Gasteiger partial charge is 0.236 e. The fourth-order valence-electron chi connectivity index (χ4n) is 2.16. The number of aliphatic imine (C=N–C) groups is 1. The molecule has 1 N–H and O–H groups in total. The van der Waals surface area contributed by atoms with Crippen molar-refractivity contribution in [1.82, 2.24) is 9.29 Å². The Balaban J connectivity index is 0.00000161. The van der Waals surface area contributed by atoms with Gasteiger partial charge in [-0.15, -0.1) is 12.4 Å². The molecular formula is C13H16ClN3O3S. The highest BCUT2D eigenvalue weighted by Gasteiger charge is 2.11. The molecule has 1 aromatic heterocycles. The maximum absolute atomic E-state index is 11.7. The number of ether oxygens (including phenoxy) is 1. The van der Waals surface area contributed by atoms with Gasteiger partial charge in [-0.1, -0.05) is 0 Å². The predicted octanol–water partition coefficient (Wildman–Crippen LogP) is 1.25. The summed E-state index contributed by atoms with van der Waals surface area (Å²) in [6.45, 7) is 1.98. The first-order chi connectivity index (χ1) is 9.54. The molecule has 3 rings (SSSR count). The van der Waals surface area contributed by atoms with Gasteiger partial charge in [-0.2, -0.15) is 0 Å². The third-order valence-electron chi connectivity index (χ3n) is 3.11. The van der Waals surface area contributed by atoms with E-state index < -0.39 is 10.0 Å². The molecule has 1 aliphatic rings. The van der Waals surface area contributed by atoms with Crippen LogP contribution in [0.3, 0.4) is 0 Å². The Labute approximate surface area is 129 Å². The van der Waals surface area contributed by atoms with Crippen LogP contribution in [0.5, 0.6) is 5.75 Å². The number of benzene rings is 1. The molecule has 8 heteroatoms. The molecule has 2 heterocycles. The average Bonchev–Trinajstić information content (AvgIpc) is 3.04. The molecule has 2 aromatic rings. The molecule has 0 aliphatic carbocycles. The number of nitrogens with one attached hydrogen (secondary N) is 1. The van der Waals surface area contributed by atoms with Crippen LogP contribution in [-0.2, 0) is 10.0 Å². The molecule has 114 valence electrons. The van der Waals surface area contributed by atoms with Gasteiger partial charge >= 0.3 is 0 Å². The predicted molar refractivity (Wildman–Crippen MR) is 85.2 cm³/mol. The van der Waals surface area contributed by atoms with Gasteiger partial charge in [0.25, 0.3) is 0 Å². The zero-order chi connectivity index (χ0) is 14.2. The zero-order valence-electron chi connectivity index (χ0n) is 11.4. The maximum Gasteiger partial charge on any atom is 0.236 e. The summed E-state index contributed by atoms with van der Waals surface area (Å²) in [5.74, 6) is 1.45. The summed E-state index contributed by atoms with van der Waals surface area (Å²) in [6.07, 6.45) is 2.73. The quantitative estimate of drug-likeness (QED) is 0.916. The van der Waals surface area contributed by atoms with E-state index in [4.69, 9.17) is 4.74 Å². The lowest BCUT2D eigenvalue weighted by molar-refractivity contribution is 0.374. The Morgan fingerprint density at radius 2 is 2.19 bits per heavy atom. The van der Waals surface area contributed by atoms with E-state index in [0.717, 1.165) is 24.3 Å². The first-order valence-electron chi connectivity index (χ1n) is 6.26. The third kappa shape index (κ3) is 3.30. The number of aromatic nitrogens is 1. The van der Waals surface area contributed by atoms with Gasteiger partial charge in [-0.25, -0.2) is 12.4 Å². The van der Waals surface area contributed by atoms with Crippen molar-refractivity contribution < 1.29 is 13.2 Å². The van der Waals surface area contributed by atoms with Crippen molar-refractivity contribution in [1.29, 1.82) is 0 Å². The molecule has 1 aromatic carbocycles. The van der Waals surface area contributed by atoms with E-state index >= 15 is 0 Å². The summed E-state index contributed by atoms with van der Waals surface area (Å²) < 4.78 is 30.2. The Kier molecular flexibility index (Phi) is 4.43. The molecule has 0 bridgehead atoms. The van der Waals surface area contributed by atoms with E-state index in [9.17, 15) is 8.42 Å². The lowest BCUT2D eigenvalue weighted by Gasteiger charge is -2.08. The Morgan fingerprint density at radius 1 is 1.38 bits per heavy atom. The molecule has 0 unspecified atom stereocenters. The lowest BCUT2D eigenvalue weighted by Crippen LogP contribution is -2.24. The minimum Gasteiger partial charge on any atom is -0.486 e. The van der Waals surface area contributed by atoms with Crippen LogP contribution >= 0.6 is 12.4 Å². The van der Waals surface area contributed by atoms with Crippen LogP contribution in [0.25, 0.3) is 10.9 Å². The van der Waals surface area contributed by atoms with E-state index in [-0.39, 0.29) is 12.4 Å². The van der Waals surface area contributed by atoms with Crippen LogP contribution in [0, 0.1) is 0 Å². The molecule has 0 fully saturated rings. The summed E-state index contributed by atoms with van der Waals surface area (Å²) in [5, 5.41) is 3.98. The van der Waals surface area contributed by atoms with Gasteiger partial charge in [0, 0.05) is 24.2 Å². The minimum absolute atomic E-state index is 0. The SMILES string of the molecule is CS(=O)(=O)n1ccc2ccc(OCC3=NCCN3)cc21.Cl. The van der Waals surface area contributed by atoms with Crippen molar-refractivity contribution in [3.63, 3.8) is 0 Å². The van der Waals surface area contributed by atoms with E-state index in [0.29, 0.717) is 17.9 Å². The number of rotatable bonds is 4. The molecular weight excluding hydrogens is 314 g/mol. The molecule has 0 saturated heterocycles. The second-order valence-electron chi connectivity index (χ2n) is 4.64. The average molecular weight is 330 g/mol. The van der Waals surface area contributed by atoms with Crippen molar-refractivity contribution in [3.05, 3.63) is 30.5 Å². The molecule has 0 atom stereocenters. The zero-order valence-corrected chi connectivity index (χ0v) is 13.1. The number of fused-ring (bicyclic) bond motifs is 1. The van der Waals surface area contributed by atoms with E-state index in [2.05, 4.69) is 10.3 Å². The van der Waals surface area contributed by atoms with Gasteiger partial charge in [-0.05, 0) is 18.2 Å². The summed E-state index contributed by atoms with van der Waals surface area (Å²) in [5.41, 5.74) is 0.617. The van der Waals surface area contributed by atoms with E-state index in [1.807, 2.05) is 12.1 Å². The van der Waals surface area contributed by atoms with Crippen LogP contribution in [-0.4, -0.2) is 44.2 Å². The molecule has 0 saturated carbocycles. The van der Waals surface area contributed by atoms with Crippen LogP contribution < -0.4 is 10.1 Å². The highest BCUT2D eigenvalue weighted by Crippen LogP contribution is 2.23. The standard InChI is InChI=1S/C13H15N3O3S.ClH/c1-20(17,18)16-7-4-10-2-3-11(8-12(10)16)19-9-13-14-5-6-15-13;/h2-4,7-8H,5-6,9H2,1H3,(H,14,15);1H. The van der Waals surface area contributed by atoms with Gasteiger partial charge in [-0.3, -0.25) is 4.99 Å². The highest BCUT2D eigenvalue weighted by atomic mass is 35.5. The summed E-state index contributed by atoms with van der Waals surface area (Å²) in [4.78, 5) is 4.24. The van der Waals surface area contributed by atoms with Crippen molar-refractivity contribution in [3.8, 4) is 5.75 Å². The largest absolute Gasteiger partial charge is 0.486 e. The number of hydrogen-bond acceptors (Lipinski definition) is 5. The van der Waals surface area contributed by atoms with Crippen LogP contribution in [0.2, 0.25) is 0 Å². The van der Waals surface area contributed by atoms with Crippen molar-refractivity contribution >= 4 is 39.2 Å². The van der Waals surface area contributed by atoms with Gasteiger partial charge < -0.3 is 10.1 Å². The lowest BCUT2D eigenvalue weighted by atomic mass is 10.2. The number of nitrogens with zero attached hydrogens (tertiary/aromatic N) is 2. The fraction of sp³-hybridized carbons (Fsp3) is 0.308. The fourth-order valence-corrected chi connectivity index (χ4v) is 2.96. The van der Waals surface area contributed by atoms with E-state index in [1.165, 1.54) is 10.2 Å². The van der Waals surface area contributed by atoms with E-state index in [1.54, 1.807) is 18.3 Å². The molecule has 6 nitrogen and oxygen atoms in total. The Bertz CT molecular complexity index is 783. The first-order valence-corrected chi connectivity index (χ1v) is 8.10. The van der Waals surface area contributed by atoms with Crippen LogP contribution in [0.1, 0.15) is 0 Å². The Morgan fingerprint density at radius 3 is 2.86 bits per heavy atom. The van der Waals surface area contributed by atoms with Crippen molar-refractivity contribution in [2.45, 2.75) is 0 Å². The van der Waals surface area contributed by atoms with Gasteiger partial charge in [0.15, 0.2) is 0 Å². The molecule has 1 aliphatic heterocycles. The number of hydrogen-bond donors (Lipinski definition) is 1. The summed E-state index contributed by atoms with van der Waals surface area (Å²) in [6, 6.07) is 7.16. The van der Waals surface area contributed by atoms with Gasteiger partial charge in [0.1, 0.15) is 18.2 Å². The monoisotopic (exact) mass is 329 g/mol.